The maximum atomic E-state index is 12.5. The molecule has 1 N–H and O–H groups in total. The van der Waals surface area contributed by atoms with Gasteiger partial charge in [-0.2, -0.15) is 5.10 Å². The maximum absolute atomic E-state index is 12.5. The second kappa shape index (κ2) is 8.03. The lowest BCUT2D eigenvalue weighted by Crippen LogP contribution is -2.52. The molecule has 4 aromatic rings. The summed E-state index contributed by atoms with van der Waals surface area (Å²) in [6, 6.07) is 22.4. The van der Waals surface area contributed by atoms with Crippen molar-refractivity contribution in [3.05, 3.63) is 78.5 Å². The molecule has 0 bridgehead atoms. The Bertz CT molecular complexity index is 1280. The van der Waals surface area contributed by atoms with E-state index >= 15 is 0 Å². The minimum atomic E-state index is -0.524. The van der Waals surface area contributed by atoms with Crippen LogP contribution in [0.4, 0.5) is 4.79 Å². The number of aromatic nitrogens is 3. The van der Waals surface area contributed by atoms with Crippen LogP contribution in [0.2, 0.25) is 0 Å². The average molecular weight is 441 g/mol. The lowest BCUT2D eigenvalue weighted by atomic mass is 9.71. The number of nitrogens with one attached hydrogen (secondary N) is 1. The molecule has 6 nitrogen and oxygen atoms in total. The molecular weight excluding hydrogens is 412 g/mol. The number of carbonyl (C=O) groups excluding carboxylic acids is 1. The van der Waals surface area contributed by atoms with Crippen LogP contribution in [0.1, 0.15) is 45.6 Å². The summed E-state index contributed by atoms with van der Waals surface area (Å²) >= 11 is 0. The number of benzene rings is 2. The average Bonchev–Trinajstić information content (AvgIpc) is 3.15. The molecule has 0 saturated heterocycles. The zero-order valence-corrected chi connectivity index (χ0v) is 19.2. The van der Waals surface area contributed by atoms with Gasteiger partial charge in [0.15, 0.2) is 5.65 Å². The quantitative estimate of drug-likeness (QED) is 0.425. The molecule has 1 aliphatic rings. The fraction of sp³-hybridized carbons (Fsp3) is 0.296. The number of fused-ring (bicyclic) bond motifs is 1. The van der Waals surface area contributed by atoms with Crippen LogP contribution >= 0.6 is 0 Å². The van der Waals surface area contributed by atoms with E-state index in [2.05, 4.69) is 46.8 Å². The molecular formula is C27H28N4O2. The molecule has 0 aliphatic heterocycles. The van der Waals surface area contributed by atoms with Crippen molar-refractivity contribution in [2.45, 2.75) is 51.2 Å². The van der Waals surface area contributed by atoms with Gasteiger partial charge in [0, 0.05) is 17.3 Å². The van der Waals surface area contributed by atoms with Gasteiger partial charge in [0.25, 0.3) is 0 Å². The molecule has 2 heterocycles. The van der Waals surface area contributed by atoms with Gasteiger partial charge in [0.1, 0.15) is 11.3 Å². The van der Waals surface area contributed by atoms with E-state index in [1.807, 2.05) is 55.6 Å². The molecule has 1 amide bonds. The molecule has 168 valence electrons. The number of alkyl carbamates (subject to hydrolysis) is 1. The number of carbonyl (C=O) groups is 1. The van der Waals surface area contributed by atoms with Crippen LogP contribution in [-0.2, 0) is 10.3 Å². The van der Waals surface area contributed by atoms with Crippen molar-refractivity contribution < 1.29 is 9.53 Å². The molecule has 0 radical (unpaired) electrons. The van der Waals surface area contributed by atoms with Crippen LogP contribution in [0.5, 0.6) is 0 Å². The first-order valence-electron chi connectivity index (χ1n) is 11.4. The Balaban J connectivity index is 1.50. The van der Waals surface area contributed by atoms with Gasteiger partial charge in [-0.25, -0.2) is 14.3 Å². The molecule has 1 aliphatic carbocycles. The number of ether oxygens (including phenoxy) is 1. The molecule has 0 unspecified atom stereocenters. The largest absolute Gasteiger partial charge is 0.444 e. The van der Waals surface area contributed by atoms with Crippen molar-refractivity contribution in [1.29, 1.82) is 0 Å². The highest BCUT2D eigenvalue weighted by Gasteiger charge is 2.41. The SMILES string of the molecule is CC(C)(C)OC(=O)NC1(c2ccc(-c3nc4cccnn4c3-c3ccccc3)cc2)CCC1. The van der Waals surface area contributed by atoms with Gasteiger partial charge in [-0.15, -0.1) is 0 Å². The third kappa shape index (κ3) is 4.09. The molecule has 33 heavy (non-hydrogen) atoms. The highest BCUT2D eigenvalue weighted by Crippen LogP contribution is 2.42. The molecule has 6 heteroatoms. The first kappa shape index (κ1) is 21.2. The Labute approximate surface area is 193 Å². The number of hydrogen-bond acceptors (Lipinski definition) is 4. The van der Waals surface area contributed by atoms with Gasteiger partial charge in [-0.05, 0) is 57.7 Å². The van der Waals surface area contributed by atoms with Gasteiger partial charge >= 0.3 is 6.09 Å². The van der Waals surface area contributed by atoms with Crippen molar-refractivity contribution in [2.75, 3.05) is 0 Å². The van der Waals surface area contributed by atoms with Crippen molar-refractivity contribution in [1.82, 2.24) is 19.9 Å². The summed E-state index contributed by atoms with van der Waals surface area (Å²) in [5.41, 5.74) is 4.91. The monoisotopic (exact) mass is 440 g/mol. The summed E-state index contributed by atoms with van der Waals surface area (Å²) in [6.07, 6.45) is 4.28. The van der Waals surface area contributed by atoms with E-state index in [1.165, 1.54) is 0 Å². The number of imidazole rings is 1. The van der Waals surface area contributed by atoms with Gasteiger partial charge in [0.05, 0.1) is 11.2 Å². The zero-order chi connectivity index (χ0) is 23.1. The zero-order valence-electron chi connectivity index (χ0n) is 19.2. The number of nitrogens with zero attached hydrogens (tertiary/aromatic N) is 3. The Kier molecular flexibility index (Phi) is 5.16. The summed E-state index contributed by atoms with van der Waals surface area (Å²) in [5.74, 6) is 0. The molecule has 0 atom stereocenters. The molecule has 0 spiro atoms. The second-order valence-electron chi connectivity index (χ2n) is 9.61. The predicted octanol–water partition coefficient (Wildman–Crippen LogP) is 5.97. The minimum absolute atomic E-state index is 0.371. The van der Waals surface area contributed by atoms with E-state index in [-0.39, 0.29) is 11.6 Å². The Hall–Kier alpha value is -3.67. The molecule has 1 saturated carbocycles. The maximum Gasteiger partial charge on any atom is 0.408 e. The van der Waals surface area contributed by atoms with Gasteiger partial charge < -0.3 is 10.1 Å². The normalized spacial score (nSPS) is 15.1. The fourth-order valence-electron chi connectivity index (χ4n) is 4.41. The molecule has 1 fully saturated rings. The number of amides is 1. The first-order valence-corrected chi connectivity index (χ1v) is 11.4. The van der Waals surface area contributed by atoms with Gasteiger partial charge in [-0.1, -0.05) is 54.6 Å². The minimum Gasteiger partial charge on any atom is -0.444 e. The Morgan fingerprint density at radius 3 is 2.33 bits per heavy atom. The fourth-order valence-corrected chi connectivity index (χ4v) is 4.41. The van der Waals surface area contributed by atoms with Crippen LogP contribution in [-0.4, -0.2) is 26.3 Å². The molecule has 2 aromatic carbocycles. The van der Waals surface area contributed by atoms with Crippen molar-refractivity contribution in [3.8, 4) is 22.5 Å². The van der Waals surface area contributed by atoms with Crippen LogP contribution < -0.4 is 5.32 Å². The van der Waals surface area contributed by atoms with Gasteiger partial charge in [0.2, 0.25) is 0 Å². The highest BCUT2D eigenvalue weighted by molar-refractivity contribution is 5.81. The van der Waals surface area contributed by atoms with E-state index in [4.69, 9.17) is 9.72 Å². The summed E-state index contributed by atoms with van der Waals surface area (Å²) in [6.45, 7) is 5.63. The smallest absolute Gasteiger partial charge is 0.408 e. The third-order valence-electron chi connectivity index (χ3n) is 6.10. The molecule has 5 rings (SSSR count). The summed E-state index contributed by atoms with van der Waals surface area (Å²) in [5, 5.41) is 7.67. The van der Waals surface area contributed by atoms with E-state index in [9.17, 15) is 4.79 Å². The van der Waals surface area contributed by atoms with Crippen molar-refractivity contribution in [2.24, 2.45) is 0 Å². The Morgan fingerprint density at radius 1 is 0.970 bits per heavy atom. The van der Waals surface area contributed by atoms with Gasteiger partial charge in [-0.3, -0.25) is 0 Å². The third-order valence-corrected chi connectivity index (χ3v) is 6.10. The van der Waals surface area contributed by atoms with Crippen LogP contribution in [0.25, 0.3) is 28.2 Å². The lowest BCUT2D eigenvalue weighted by molar-refractivity contribution is 0.0377. The predicted molar refractivity (Wildman–Crippen MR) is 129 cm³/mol. The van der Waals surface area contributed by atoms with E-state index in [0.29, 0.717) is 0 Å². The highest BCUT2D eigenvalue weighted by atomic mass is 16.6. The summed E-state index contributed by atoms with van der Waals surface area (Å²) in [7, 11) is 0. The summed E-state index contributed by atoms with van der Waals surface area (Å²) in [4.78, 5) is 17.4. The summed E-state index contributed by atoms with van der Waals surface area (Å²) < 4.78 is 7.40. The van der Waals surface area contributed by atoms with Crippen molar-refractivity contribution >= 4 is 11.7 Å². The van der Waals surface area contributed by atoms with Crippen LogP contribution in [0, 0.1) is 0 Å². The van der Waals surface area contributed by atoms with Crippen LogP contribution in [0.3, 0.4) is 0 Å². The lowest BCUT2D eigenvalue weighted by Gasteiger charge is -2.43. The van der Waals surface area contributed by atoms with E-state index < -0.39 is 5.60 Å². The first-order chi connectivity index (χ1) is 15.8. The number of rotatable bonds is 4. The second-order valence-corrected chi connectivity index (χ2v) is 9.61. The Morgan fingerprint density at radius 2 is 1.70 bits per heavy atom. The standard InChI is InChI=1S/C27H28N4O2/c1-26(2,3)33-25(32)30-27(16-8-17-27)21-14-12-19(13-15-21)23-24(20-9-5-4-6-10-20)31-22(29-23)11-7-18-28-31/h4-7,9-15,18H,8,16-17H2,1-3H3,(H,30,32). The van der Waals surface area contributed by atoms with Crippen molar-refractivity contribution in [3.63, 3.8) is 0 Å². The molecule has 2 aromatic heterocycles. The van der Waals surface area contributed by atoms with E-state index in [1.54, 1.807) is 6.20 Å². The number of hydrogen-bond donors (Lipinski definition) is 1. The van der Waals surface area contributed by atoms with E-state index in [0.717, 1.165) is 53.0 Å². The van der Waals surface area contributed by atoms with Crippen LogP contribution in [0.15, 0.2) is 72.9 Å². The topological polar surface area (TPSA) is 68.5 Å².